The molecule has 5 nitrogen and oxygen atoms in total. The molecule has 0 saturated heterocycles. The first kappa shape index (κ1) is 15.6. The molecule has 0 aliphatic carbocycles. The number of ether oxygens (including phenoxy) is 2. The van der Waals surface area contributed by atoms with Gasteiger partial charge in [0, 0.05) is 0 Å². The van der Waals surface area contributed by atoms with Crippen LogP contribution in [0.4, 0.5) is 0 Å². The van der Waals surface area contributed by atoms with Crippen LogP contribution in [0.25, 0.3) is 0 Å². The molecule has 0 bridgehead atoms. The first-order valence-electron chi connectivity index (χ1n) is 6.77. The molecule has 22 heavy (non-hydrogen) atoms. The highest BCUT2D eigenvalue weighted by Gasteiger charge is 2.16. The third-order valence-corrected chi connectivity index (χ3v) is 2.97. The third-order valence-electron chi connectivity index (χ3n) is 2.97. The molecule has 0 aromatic heterocycles. The fourth-order valence-corrected chi connectivity index (χ4v) is 1.77. The smallest absolute Gasteiger partial charge is 0.347 e. The highest BCUT2D eigenvalue weighted by atomic mass is 16.6. The molecule has 0 saturated carbocycles. The van der Waals surface area contributed by atoms with Crippen molar-refractivity contribution in [2.75, 3.05) is 0 Å². The minimum Gasteiger partial charge on any atom is -0.479 e. The van der Waals surface area contributed by atoms with Crippen LogP contribution in [0.5, 0.6) is 5.75 Å². The molecule has 0 aliphatic rings. The molecule has 2 aromatic carbocycles. The van der Waals surface area contributed by atoms with Crippen LogP contribution in [0.3, 0.4) is 0 Å². The maximum atomic E-state index is 11.9. The normalized spacial score (nSPS) is 11.5. The summed E-state index contributed by atoms with van der Waals surface area (Å²) in [6, 6.07) is 15.2. The van der Waals surface area contributed by atoms with Crippen LogP contribution >= 0.6 is 0 Å². The summed E-state index contributed by atoms with van der Waals surface area (Å²) in [6.45, 7) is 1.77. The molecular formula is C17H16O5. The van der Waals surface area contributed by atoms with Gasteiger partial charge in [-0.25, -0.2) is 9.59 Å². The van der Waals surface area contributed by atoms with Gasteiger partial charge in [-0.3, -0.25) is 0 Å². The SMILES string of the molecule is CC(Oc1ccc(C(=O)O)cc1)C(=O)OCc1ccccc1. The van der Waals surface area contributed by atoms with Gasteiger partial charge in [0.05, 0.1) is 5.56 Å². The van der Waals surface area contributed by atoms with Gasteiger partial charge in [-0.2, -0.15) is 0 Å². The molecule has 2 aromatic rings. The summed E-state index contributed by atoms with van der Waals surface area (Å²) in [6.07, 6.45) is -0.778. The van der Waals surface area contributed by atoms with Crippen molar-refractivity contribution in [2.45, 2.75) is 19.6 Å². The van der Waals surface area contributed by atoms with Crippen molar-refractivity contribution in [1.29, 1.82) is 0 Å². The third kappa shape index (κ3) is 4.34. The highest BCUT2D eigenvalue weighted by molar-refractivity contribution is 5.87. The second-order valence-electron chi connectivity index (χ2n) is 4.68. The Morgan fingerprint density at radius 3 is 2.27 bits per heavy atom. The van der Waals surface area contributed by atoms with Crippen LogP contribution < -0.4 is 4.74 Å². The molecule has 1 unspecified atom stereocenters. The van der Waals surface area contributed by atoms with Crippen molar-refractivity contribution in [2.24, 2.45) is 0 Å². The van der Waals surface area contributed by atoms with Crippen molar-refractivity contribution in [1.82, 2.24) is 0 Å². The zero-order chi connectivity index (χ0) is 15.9. The molecule has 0 aliphatic heterocycles. The lowest BCUT2D eigenvalue weighted by Crippen LogP contribution is -2.26. The maximum Gasteiger partial charge on any atom is 0.347 e. The van der Waals surface area contributed by atoms with Gasteiger partial charge in [-0.1, -0.05) is 30.3 Å². The van der Waals surface area contributed by atoms with E-state index in [1.807, 2.05) is 30.3 Å². The van der Waals surface area contributed by atoms with E-state index < -0.39 is 18.0 Å². The van der Waals surface area contributed by atoms with Crippen molar-refractivity contribution >= 4 is 11.9 Å². The second kappa shape index (κ2) is 7.26. The van der Waals surface area contributed by atoms with E-state index in [0.29, 0.717) is 5.75 Å². The molecule has 0 spiro atoms. The predicted octanol–water partition coefficient (Wildman–Crippen LogP) is 2.90. The lowest BCUT2D eigenvalue weighted by atomic mass is 10.2. The summed E-state index contributed by atoms with van der Waals surface area (Å²) in [4.78, 5) is 22.6. The predicted molar refractivity (Wildman–Crippen MR) is 79.7 cm³/mol. The highest BCUT2D eigenvalue weighted by Crippen LogP contribution is 2.14. The number of hydrogen-bond donors (Lipinski definition) is 1. The number of aromatic carboxylic acids is 1. The van der Waals surface area contributed by atoms with E-state index in [4.69, 9.17) is 14.6 Å². The summed E-state index contributed by atoms with van der Waals surface area (Å²) in [5, 5.41) is 8.81. The van der Waals surface area contributed by atoms with E-state index in [1.165, 1.54) is 24.3 Å². The quantitative estimate of drug-likeness (QED) is 0.830. The van der Waals surface area contributed by atoms with E-state index in [-0.39, 0.29) is 12.2 Å². The topological polar surface area (TPSA) is 72.8 Å². The van der Waals surface area contributed by atoms with Crippen LogP contribution in [0.15, 0.2) is 54.6 Å². The summed E-state index contributed by atoms with van der Waals surface area (Å²) in [5.41, 5.74) is 1.06. The van der Waals surface area contributed by atoms with Gasteiger partial charge >= 0.3 is 11.9 Å². The van der Waals surface area contributed by atoms with E-state index in [2.05, 4.69) is 0 Å². The number of carbonyl (C=O) groups excluding carboxylic acids is 1. The summed E-state index contributed by atoms with van der Waals surface area (Å²) >= 11 is 0. The van der Waals surface area contributed by atoms with E-state index in [0.717, 1.165) is 5.56 Å². The minimum atomic E-state index is -1.01. The van der Waals surface area contributed by atoms with Crippen molar-refractivity contribution in [3.63, 3.8) is 0 Å². The lowest BCUT2D eigenvalue weighted by molar-refractivity contribution is -0.152. The Bertz CT molecular complexity index is 634. The molecular weight excluding hydrogens is 284 g/mol. The number of benzene rings is 2. The number of carboxylic acids is 1. The number of rotatable bonds is 6. The molecule has 2 rings (SSSR count). The molecule has 0 fully saturated rings. The molecule has 114 valence electrons. The summed E-state index contributed by atoms with van der Waals surface area (Å²) in [5.74, 6) is -1.08. The van der Waals surface area contributed by atoms with Gasteiger partial charge in [0.15, 0.2) is 6.10 Å². The first-order valence-corrected chi connectivity index (χ1v) is 6.77. The summed E-state index contributed by atoms with van der Waals surface area (Å²) < 4.78 is 10.6. The molecule has 1 N–H and O–H groups in total. The summed E-state index contributed by atoms with van der Waals surface area (Å²) in [7, 11) is 0. The van der Waals surface area contributed by atoms with Gasteiger partial charge in [0.25, 0.3) is 0 Å². The van der Waals surface area contributed by atoms with Crippen LogP contribution in [0.2, 0.25) is 0 Å². The fraction of sp³-hybridized carbons (Fsp3) is 0.176. The van der Waals surface area contributed by atoms with Gasteiger partial charge in [-0.05, 0) is 36.8 Å². The number of carbonyl (C=O) groups is 2. The number of hydrogen-bond acceptors (Lipinski definition) is 4. The lowest BCUT2D eigenvalue weighted by Gasteiger charge is -2.14. The van der Waals surface area contributed by atoms with E-state index in [1.54, 1.807) is 6.92 Å². The van der Waals surface area contributed by atoms with Gasteiger partial charge in [0.2, 0.25) is 0 Å². The Kier molecular flexibility index (Phi) is 5.14. The van der Waals surface area contributed by atoms with Crippen LogP contribution in [-0.4, -0.2) is 23.1 Å². The van der Waals surface area contributed by atoms with Gasteiger partial charge in [0.1, 0.15) is 12.4 Å². The van der Waals surface area contributed by atoms with Crippen LogP contribution in [0.1, 0.15) is 22.8 Å². The van der Waals surface area contributed by atoms with Gasteiger partial charge < -0.3 is 14.6 Å². The first-order chi connectivity index (χ1) is 10.6. The van der Waals surface area contributed by atoms with Crippen LogP contribution in [-0.2, 0) is 16.1 Å². The Morgan fingerprint density at radius 1 is 1.05 bits per heavy atom. The van der Waals surface area contributed by atoms with E-state index in [9.17, 15) is 9.59 Å². The zero-order valence-electron chi connectivity index (χ0n) is 12.1. The number of esters is 1. The van der Waals surface area contributed by atoms with E-state index >= 15 is 0 Å². The minimum absolute atomic E-state index is 0.159. The molecule has 5 heteroatoms. The molecule has 1 atom stereocenters. The zero-order valence-corrected chi connectivity index (χ0v) is 12.1. The maximum absolute atomic E-state index is 11.9. The fourth-order valence-electron chi connectivity index (χ4n) is 1.77. The van der Waals surface area contributed by atoms with Crippen molar-refractivity contribution in [3.8, 4) is 5.75 Å². The Hall–Kier alpha value is -2.82. The Labute approximate surface area is 128 Å². The average molecular weight is 300 g/mol. The Balaban J connectivity index is 1.86. The van der Waals surface area contributed by atoms with Gasteiger partial charge in [-0.15, -0.1) is 0 Å². The van der Waals surface area contributed by atoms with Crippen molar-refractivity contribution < 1.29 is 24.2 Å². The molecule has 0 radical (unpaired) electrons. The largest absolute Gasteiger partial charge is 0.479 e. The average Bonchev–Trinajstić information content (AvgIpc) is 2.54. The standard InChI is InChI=1S/C17H16O5/c1-12(17(20)21-11-13-5-3-2-4-6-13)22-15-9-7-14(8-10-15)16(18)19/h2-10,12H,11H2,1H3,(H,18,19). The molecule has 0 amide bonds. The molecule has 0 heterocycles. The second-order valence-corrected chi connectivity index (χ2v) is 4.68. The van der Waals surface area contributed by atoms with Crippen LogP contribution in [0, 0.1) is 0 Å². The Morgan fingerprint density at radius 2 is 1.68 bits per heavy atom. The monoisotopic (exact) mass is 300 g/mol. The number of carboxylic acid groups (broad SMARTS) is 1. The van der Waals surface area contributed by atoms with Crippen molar-refractivity contribution in [3.05, 3.63) is 65.7 Å².